The zero-order valence-electron chi connectivity index (χ0n) is 7.07. The second-order valence-electron chi connectivity index (χ2n) is 2.68. The van der Waals surface area contributed by atoms with Crippen molar-refractivity contribution in [3.8, 4) is 0 Å². The quantitative estimate of drug-likeness (QED) is 0.508. The largest absolute Gasteiger partial charge is 0.421 e. The van der Waals surface area contributed by atoms with E-state index in [1.165, 1.54) is 17.1 Å². The molecule has 1 rings (SSSR count). The Labute approximate surface area is 70.4 Å². The van der Waals surface area contributed by atoms with E-state index in [4.69, 9.17) is 0 Å². The van der Waals surface area contributed by atoms with Crippen LogP contribution in [0.5, 0.6) is 0 Å². The number of nitrogens with zero attached hydrogens (tertiary/aromatic N) is 1. The molecule has 0 spiro atoms. The first kappa shape index (κ1) is 8.73. The average molecular weight is 170 g/mol. The predicted molar refractivity (Wildman–Crippen MR) is 41.8 cm³/mol. The van der Waals surface area contributed by atoms with Crippen molar-refractivity contribution in [1.82, 2.24) is 10.2 Å². The highest BCUT2D eigenvalue weighted by atomic mass is 16.2. The van der Waals surface area contributed by atoms with Crippen LogP contribution in [0.1, 0.15) is 6.92 Å². The van der Waals surface area contributed by atoms with Gasteiger partial charge in [0.05, 0.1) is 0 Å². The minimum atomic E-state index is -0.258. The van der Waals surface area contributed by atoms with Gasteiger partial charge in [-0.15, -0.1) is 0 Å². The molecule has 0 saturated carbocycles. The van der Waals surface area contributed by atoms with Crippen molar-refractivity contribution in [2.24, 2.45) is 0 Å². The van der Waals surface area contributed by atoms with E-state index in [9.17, 15) is 9.59 Å². The molecule has 0 fully saturated rings. The Hall–Kier alpha value is -1.36. The summed E-state index contributed by atoms with van der Waals surface area (Å²) < 4.78 is 0. The lowest BCUT2D eigenvalue weighted by Gasteiger charge is -2.19. The molecule has 5 heteroatoms. The average Bonchev–Trinajstić information content (AvgIpc) is 1.96. The van der Waals surface area contributed by atoms with Gasteiger partial charge in [-0.25, -0.2) is 10.1 Å². The molecule has 1 unspecified atom stereocenters. The lowest BCUT2D eigenvalue weighted by atomic mass is 10.4. The first-order valence-corrected chi connectivity index (χ1v) is 3.66. The van der Waals surface area contributed by atoms with Gasteiger partial charge in [0.2, 0.25) is 5.91 Å². The Morgan fingerprint density at radius 1 is 1.75 bits per heavy atom. The second-order valence-corrected chi connectivity index (χ2v) is 2.68. The molecule has 12 heavy (non-hydrogen) atoms. The van der Waals surface area contributed by atoms with Crippen LogP contribution in [0, 0.1) is 0 Å². The summed E-state index contributed by atoms with van der Waals surface area (Å²) in [6.07, 6.45) is 3.14. The summed E-state index contributed by atoms with van der Waals surface area (Å²) in [6.45, 7) is 1.42. The maximum Gasteiger partial charge on any atom is 0.421 e. The number of hydrogen-bond donors (Lipinski definition) is 2. The van der Waals surface area contributed by atoms with Gasteiger partial charge in [0, 0.05) is 26.2 Å². The summed E-state index contributed by atoms with van der Waals surface area (Å²) in [6, 6.07) is -0.101. The van der Waals surface area contributed by atoms with Crippen LogP contribution in [0.15, 0.2) is 12.3 Å². The van der Waals surface area contributed by atoms with Crippen molar-refractivity contribution >= 4 is 11.9 Å². The van der Waals surface area contributed by atoms with Crippen molar-refractivity contribution in [2.75, 3.05) is 7.05 Å². The van der Waals surface area contributed by atoms with Gasteiger partial charge in [-0.3, -0.25) is 9.69 Å². The molecule has 0 radical (unpaired) electrons. The number of urea groups is 1. The van der Waals surface area contributed by atoms with E-state index in [2.05, 4.69) is 5.32 Å². The molecule has 1 atom stereocenters. The van der Waals surface area contributed by atoms with Crippen molar-refractivity contribution in [3.63, 3.8) is 0 Å². The maximum absolute atomic E-state index is 11.1. The molecule has 3 amide bonds. The molecular weight excluding hydrogens is 158 g/mol. The molecule has 0 aliphatic carbocycles. The van der Waals surface area contributed by atoms with E-state index < -0.39 is 0 Å². The summed E-state index contributed by atoms with van der Waals surface area (Å²) in [5.74, 6) is -0.141. The Bertz CT molecular complexity index is 237. The first-order valence-electron chi connectivity index (χ1n) is 3.66. The molecule has 3 N–H and O–H groups in total. The first-order chi connectivity index (χ1) is 5.59. The lowest BCUT2D eigenvalue weighted by Crippen LogP contribution is -2.98. The number of amides is 3. The molecule has 0 aromatic rings. The Morgan fingerprint density at radius 2 is 2.42 bits per heavy atom. The van der Waals surface area contributed by atoms with E-state index in [-0.39, 0.29) is 18.1 Å². The highest BCUT2D eigenvalue weighted by Gasteiger charge is 2.22. The molecular formula is C7H12N3O2+. The molecule has 5 nitrogen and oxygen atoms in total. The lowest BCUT2D eigenvalue weighted by molar-refractivity contribution is -0.595. The monoisotopic (exact) mass is 170 g/mol. The van der Waals surface area contributed by atoms with Crippen LogP contribution in [-0.4, -0.2) is 30.1 Å². The molecule has 0 aromatic heterocycles. The third-order valence-corrected chi connectivity index (χ3v) is 1.56. The number of nitrogens with two attached hydrogens (primary N) is 1. The van der Waals surface area contributed by atoms with Crippen molar-refractivity contribution < 1.29 is 14.9 Å². The molecule has 1 aliphatic rings. The number of hydrogen-bond acceptors (Lipinski definition) is 2. The van der Waals surface area contributed by atoms with Crippen molar-refractivity contribution in [2.45, 2.75) is 13.1 Å². The van der Waals surface area contributed by atoms with E-state index in [0.717, 1.165) is 0 Å². The highest BCUT2D eigenvalue weighted by molar-refractivity contribution is 5.74. The SMILES string of the molecule is CC(=O)NC1C=CN(C)C(=O)[NH2+]1. The van der Waals surface area contributed by atoms with Crippen molar-refractivity contribution in [3.05, 3.63) is 12.3 Å². The normalized spacial score (nSPS) is 22.7. The van der Waals surface area contributed by atoms with Crippen LogP contribution in [0.3, 0.4) is 0 Å². The molecule has 0 bridgehead atoms. The third kappa shape index (κ3) is 2.06. The van der Waals surface area contributed by atoms with Crippen molar-refractivity contribution in [1.29, 1.82) is 0 Å². The minimum absolute atomic E-state index is 0.101. The fraction of sp³-hybridized carbons (Fsp3) is 0.429. The summed E-state index contributed by atoms with van der Waals surface area (Å²) in [5, 5.41) is 4.06. The van der Waals surface area contributed by atoms with Gasteiger partial charge in [0.25, 0.3) is 0 Å². The Morgan fingerprint density at radius 3 is 2.92 bits per heavy atom. The predicted octanol–water partition coefficient (Wildman–Crippen LogP) is -1.41. The zero-order chi connectivity index (χ0) is 9.14. The Kier molecular flexibility index (Phi) is 2.44. The molecule has 0 saturated heterocycles. The molecule has 66 valence electrons. The van der Waals surface area contributed by atoms with Crippen LogP contribution in [0.4, 0.5) is 4.79 Å². The van der Waals surface area contributed by atoms with E-state index in [0.29, 0.717) is 0 Å². The van der Waals surface area contributed by atoms with E-state index in [1.807, 2.05) is 0 Å². The zero-order valence-corrected chi connectivity index (χ0v) is 7.07. The van der Waals surface area contributed by atoms with Gasteiger partial charge >= 0.3 is 6.03 Å². The second kappa shape index (κ2) is 3.36. The standard InChI is InChI=1S/C7H11N3O2/c1-5(11)8-6-3-4-10(2)7(12)9-6/h3-4,6H,1-2H3,(H,8,11)(H,9,12)/p+1. The molecule has 1 heterocycles. The number of quaternary nitrogens is 1. The summed E-state index contributed by atoms with van der Waals surface area (Å²) in [5.41, 5.74) is 0. The van der Waals surface area contributed by atoms with Gasteiger partial charge in [-0.05, 0) is 0 Å². The topological polar surface area (TPSA) is 66.0 Å². The fourth-order valence-electron chi connectivity index (χ4n) is 0.947. The fourth-order valence-corrected chi connectivity index (χ4v) is 0.947. The third-order valence-electron chi connectivity index (χ3n) is 1.56. The number of rotatable bonds is 1. The van der Waals surface area contributed by atoms with Crippen LogP contribution >= 0.6 is 0 Å². The number of carbonyl (C=O) groups excluding carboxylic acids is 2. The van der Waals surface area contributed by atoms with Crippen LogP contribution in [-0.2, 0) is 4.79 Å². The van der Waals surface area contributed by atoms with Crippen LogP contribution in [0.2, 0.25) is 0 Å². The van der Waals surface area contributed by atoms with Gasteiger partial charge in [-0.2, -0.15) is 0 Å². The van der Waals surface area contributed by atoms with Crippen LogP contribution < -0.4 is 10.6 Å². The molecule has 0 aromatic carbocycles. The van der Waals surface area contributed by atoms with Gasteiger partial charge in [-0.1, -0.05) is 0 Å². The highest BCUT2D eigenvalue weighted by Crippen LogP contribution is 1.89. The van der Waals surface area contributed by atoms with Gasteiger partial charge in [0.1, 0.15) is 0 Å². The number of nitrogens with one attached hydrogen (secondary N) is 1. The molecule has 1 aliphatic heterocycles. The number of primary amides is 1. The summed E-state index contributed by atoms with van der Waals surface area (Å²) in [4.78, 5) is 23.1. The summed E-state index contributed by atoms with van der Waals surface area (Å²) >= 11 is 0. The number of carbonyl (C=O) groups is 2. The van der Waals surface area contributed by atoms with E-state index >= 15 is 0 Å². The Balaban J connectivity index is 2.55. The van der Waals surface area contributed by atoms with Gasteiger partial charge in [0.15, 0.2) is 6.17 Å². The maximum atomic E-state index is 11.1. The van der Waals surface area contributed by atoms with E-state index in [1.54, 1.807) is 19.3 Å². The smallest absolute Gasteiger partial charge is 0.303 e. The summed E-state index contributed by atoms with van der Waals surface area (Å²) in [7, 11) is 1.67. The minimum Gasteiger partial charge on any atom is -0.303 e. The van der Waals surface area contributed by atoms with Crippen LogP contribution in [0.25, 0.3) is 0 Å². The van der Waals surface area contributed by atoms with Gasteiger partial charge < -0.3 is 5.32 Å².